The van der Waals surface area contributed by atoms with Gasteiger partial charge < -0.3 is 25.7 Å². The molecule has 4 N–H and O–H groups in total. The zero-order valence-corrected chi connectivity index (χ0v) is 9.29. The second-order valence-electron chi connectivity index (χ2n) is 3.59. The van der Waals surface area contributed by atoms with Crippen LogP contribution in [0.1, 0.15) is 0 Å². The van der Waals surface area contributed by atoms with E-state index in [0.717, 1.165) is 0 Å². The first kappa shape index (κ1) is 10.5. The van der Waals surface area contributed by atoms with Gasteiger partial charge in [-0.1, -0.05) is 0 Å². The Morgan fingerprint density at radius 2 is 2.00 bits per heavy atom. The predicted molar refractivity (Wildman–Crippen MR) is 63.5 cm³/mol. The summed E-state index contributed by atoms with van der Waals surface area (Å²) in [7, 11) is 0. The monoisotopic (exact) mass is 246 g/mol. The number of rotatable bonds is 2. The number of nitrogens with two attached hydrogens (primary N) is 2. The van der Waals surface area contributed by atoms with Gasteiger partial charge in [-0.25, -0.2) is 4.98 Å². The largest absolute Gasteiger partial charge is 0.454 e. The van der Waals surface area contributed by atoms with E-state index < -0.39 is 0 Å². The van der Waals surface area contributed by atoms with E-state index in [-0.39, 0.29) is 18.6 Å². The fraction of sp³-hybridized carbons (Fsp3) is 0.0909. The molecule has 1 aliphatic heterocycles. The average molecular weight is 246 g/mol. The van der Waals surface area contributed by atoms with Crippen molar-refractivity contribution in [1.29, 1.82) is 0 Å². The lowest BCUT2D eigenvalue weighted by molar-refractivity contribution is 0.174. The van der Waals surface area contributed by atoms with Gasteiger partial charge in [-0.2, -0.15) is 4.98 Å². The lowest BCUT2D eigenvalue weighted by Crippen LogP contribution is -2.01. The van der Waals surface area contributed by atoms with Crippen LogP contribution < -0.4 is 25.7 Å². The van der Waals surface area contributed by atoms with Gasteiger partial charge in [0, 0.05) is 6.07 Å². The number of aromatic nitrogens is 2. The Kier molecular flexibility index (Phi) is 2.30. The zero-order chi connectivity index (χ0) is 12.5. The van der Waals surface area contributed by atoms with E-state index in [1.54, 1.807) is 18.2 Å². The van der Waals surface area contributed by atoms with Crippen LogP contribution in [-0.4, -0.2) is 16.8 Å². The van der Waals surface area contributed by atoms with Gasteiger partial charge in [0.1, 0.15) is 5.75 Å². The van der Waals surface area contributed by atoms with Crippen molar-refractivity contribution in [2.45, 2.75) is 0 Å². The standard InChI is InChI=1S/C11H10N4O3/c12-10-9(4-14-11(13)15-10)18-6-1-2-7-8(3-6)17-5-16-7/h1-4H,5H2,(H4,12,13,14,15). The molecule has 1 aliphatic rings. The minimum atomic E-state index is 0.102. The third kappa shape index (κ3) is 1.81. The summed E-state index contributed by atoms with van der Waals surface area (Å²) < 4.78 is 16.0. The van der Waals surface area contributed by atoms with Crippen molar-refractivity contribution in [1.82, 2.24) is 9.97 Å². The summed E-state index contributed by atoms with van der Waals surface area (Å²) >= 11 is 0. The molecule has 3 rings (SSSR count). The minimum absolute atomic E-state index is 0.102. The summed E-state index contributed by atoms with van der Waals surface area (Å²) in [4.78, 5) is 7.62. The molecule has 0 spiro atoms. The van der Waals surface area contributed by atoms with E-state index in [4.69, 9.17) is 25.7 Å². The van der Waals surface area contributed by atoms with Gasteiger partial charge in [0.15, 0.2) is 23.1 Å². The Bertz CT molecular complexity index is 603. The molecule has 0 saturated heterocycles. The van der Waals surface area contributed by atoms with Crippen LogP contribution in [-0.2, 0) is 0 Å². The van der Waals surface area contributed by atoms with Gasteiger partial charge in [-0.15, -0.1) is 0 Å². The quantitative estimate of drug-likeness (QED) is 0.818. The number of nitrogen functional groups attached to an aromatic ring is 2. The number of nitrogens with zero attached hydrogens (tertiary/aromatic N) is 2. The van der Waals surface area contributed by atoms with Gasteiger partial charge >= 0.3 is 0 Å². The summed E-state index contributed by atoms with van der Waals surface area (Å²) in [5, 5.41) is 0. The third-order valence-corrected chi connectivity index (χ3v) is 2.37. The molecule has 2 aromatic rings. The Hall–Kier alpha value is -2.70. The van der Waals surface area contributed by atoms with E-state index in [1.807, 2.05) is 0 Å². The number of benzene rings is 1. The van der Waals surface area contributed by atoms with E-state index in [1.165, 1.54) is 6.20 Å². The lowest BCUT2D eigenvalue weighted by atomic mass is 10.3. The van der Waals surface area contributed by atoms with Crippen LogP contribution in [0.15, 0.2) is 24.4 Å². The highest BCUT2D eigenvalue weighted by Crippen LogP contribution is 2.37. The van der Waals surface area contributed by atoms with E-state index in [9.17, 15) is 0 Å². The molecule has 0 fully saturated rings. The van der Waals surface area contributed by atoms with E-state index in [0.29, 0.717) is 23.0 Å². The molecule has 0 atom stereocenters. The maximum atomic E-state index is 5.67. The van der Waals surface area contributed by atoms with Crippen molar-refractivity contribution in [2.75, 3.05) is 18.3 Å². The molecule has 0 radical (unpaired) electrons. The molecule has 0 aliphatic carbocycles. The first-order chi connectivity index (χ1) is 8.72. The summed E-state index contributed by atoms with van der Waals surface area (Å²) in [5.74, 6) is 2.49. The molecule has 7 heteroatoms. The maximum Gasteiger partial charge on any atom is 0.231 e. The molecule has 0 bridgehead atoms. The number of hydrogen-bond acceptors (Lipinski definition) is 7. The normalized spacial score (nSPS) is 12.4. The SMILES string of the molecule is Nc1ncc(Oc2ccc3c(c2)OCO3)c(N)n1. The molecule has 0 saturated carbocycles. The van der Waals surface area contributed by atoms with Crippen LogP contribution in [0.5, 0.6) is 23.0 Å². The minimum Gasteiger partial charge on any atom is -0.454 e. The van der Waals surface area contributed by atoms with Crippen LogP contribution in [0, 0.1) is 0 Å². The number of anilines is 2. The molecular formula is C11H10N4O3. The number of fused-ring (bicyclic) bond motifs is 1. The van der Waals surface area contributed by atoms with Gasteiger partial charge in [-0.05, 0) is 12.1 Å². The van der Waals surface area contributed by atoms with Crippen molar-refractivity contribution in [2.24, 2.45) is 0 Å². The van der Waals surface area contributed by atoms with Crippen LogP contribution >= 0.6 is 0 Å². The fourth-order valence-corrected chi connectivity index (χ4v) is 1.54. The average Bonchev–Trinajstić information content (AvgIpc) is 2.80. The van der Waals surface area contributed by atoms with Crippen LogP contribution in [0.3, 0.4) is 0 Å². The highest BCUT2D eigenvalue weighted by atomic mass is 16.7. The maximum absolute atomic E-state index is 5.67. The second kappa shape index (κ2) is 3.95. The fourth-order valence-electron chi connectivity index (χ4n) is 1.54. The van der Waals surface area contributed by atoms with E-state index >= 15 is 0 Å². The van der Waals surface area contributed by atoms with Crippen LogP contribution in [0.4, 0.5) is 11.8 Å². The predicted octanol–water partition coefficient (Wildman–Crippen LogP) is 1.16. The molecule has 7 nitrogen and oxygen atoms in total. The Morgan fingerprint density at radius 1 is 1.17 bits per heavy atom. The lowest BCUT2D eigenvalue weighted by Gasteiger charge is -2.07. The van der Waals surface area contributed by atoms with Gasteiger partial charge in [-0.3, -0.25) is 0 Å². The van der Waals surface area contributed by atoms with Crippen LogP contribution in [0.25, 0.3) is 0 Å². The third-order valence-electron chi connectivity index (χ3n) is 2.37. The number of hydrogen-bond donors (Lipinski definition) is 2. The van der Waals surface area contributed by atoms with Gasteiger partial charge in [0.25, 0.3) is 0 Å². The summed E-state index contributed by atoms with van der Waals surface area (Å²) in [6.07, 6.45) is 1.42. The molecule has 0 amide bonds. The highest BCUT2D eigenvalue weighted by molar-refractivity contribution is 5.52. The molecule has 1 aromatic carbocycles. The molecular weight excluding hydrogens is 236 g/mol. The first-order valence-electron chi connectivity index (χ1n) is 5.18. The van der Waals surface area contributed by atoms with Crippen molar-refractivity contribution in [3.05, 3.63) is 24.4 Å². The van der Waals surface area contributed by atoms with Gasteiger partial charge in [0.05, 0.1) is 6.20 Å². The summed E-state index contributed by atoms with van der Waals surface area (Å²) in [6, 6.07) is 5.20. The van der Waals surface area contributed by atoms with Crippen molar-refractivity contribution in [3.8, 4) is 23.0 Å². The first-order valence-corrected chi connectivity index (χ1v) is 5.18. The summed E-state index contributed by atoms with van der Waals surface area (Å²) in [5.41, 5.74) is 11.1. The van der Waals surface area contributed by atoms with Crippen molar-refractivity contribution < 1.29 is 14.2 Å². The van der Waals surface area contributed by atoms with Gasteiger partial charge in [0.2, 0.25) is 12.7 Å². The number of ether oxygens (including phenoxy) is 3. The highest BCUT2D eigenvalue weighted by Gasteiger charge is 2.14. The summed E-state index contributed by atoms with van der Waals surface area (Å²) in [6.45, 7) is 0.214. The Morgan fingerprint density at radius 3 is 2.83 bits per heavy atom. The topological polar surface area (TPSA) is 106 Å². The van der Waals surface area contributed by atoms with Crippen LogP contribution in [0.2, 0.25) is 0 Å². The molecule has 1 aromatic heterocycles. The zero-order valence-electron chi connectivity index (χ0n) is 9.29. The molecule has 2 heterocycles. The molecule has 92 valence electrons. The van der Waals surface area contributed by atoms with Crippen molar-refractivity contribution in [3.63, 3.8) is 0 Å². The molecule has 0 unspecified atom stereocenters. The smallest absolute Gasteiger partial charge is 0.231 e. The molecule has 18 heavy (non-hydrogen) atoms. The Balaban J connectivity index is 1.88. The van der Waals surface area contributed by atoms with E-state index in [2.05, 4.69) is 9.97 Å². The van der Waals surface area contributed by atoms with Crippen molar-refractivity contribution >= 4 is 11.8 Å². The Labute approximate surface area is 102 Å². The second-order valence-corrected chi connectivity index (χ2v) is 3.59.